The Hall–Kier alpha value is -4.77. The molecule has 5 heteroatoms. The number of fused-ring (bicyclic) bond motifs is 2. The molecule has 3 amide bonds. The molecule has 4 aromatic carbocycles. The maximum Gasteiger partial charge on any atom is 0.247 e. The predicted molar refractivity (Wildman–Crippen MR) is 182 cm³/mol. The van der Waals surface area contributed by atoms with Crippen molar-refractivity contribution in [1.82, 2.24) is 4.90 Å². The van der Waals surface area contributed by atoms with Crippen molar-refractivity contribution in [3.63, 3.8) is 0 Å². The first kappa shape index (κ1) is 29.9. The molecule has 2 fully saturated rings. The summed E-state index contributed by atoms with van der Waals surface area (Å²) in [6.07, 6.45) is 5.47. The van der Waals surface area contributed by atoms with Crippen LogP contribution in [0.5, 0.6) is 0 Å². The fourth-order valence-electron chi connectivity index (χ4n) is 8.38. The molecule has 0 N–H and O–H groups in total. The lowest BCUT2D eigenvalue weighted by Crippen LogP contribution is -2.53. The molecule has 2 aliphatic heterocycles. The van der Waals surface area contributed by atoms with Gasteiger partial charge in [0.15, 0.2) is 0 Å². The lowest BCUT2D eigenvalue weighted by atomic mass is 9.64. The summed E-state index contributed by atoms with van der Waals surface area (Å²) in [7, 11) is 0. The number of allylic oxidation sites excluding steroid dienone is 1. The normalized spacial score (nSPS) is 20.6. The summed E-state index contributed by atoms with van der Waals surface area (Å²) in [5.74, 6) is -1.19. The molecule has 2 heterocycles. The van der Waals surface area contributed by atoms with E-state index < -0.39 is 11.0 Å². The minimum absolute atomic E-state index is 0.185. The SMILES string of the molecule is CC1=CC(C)(C)N(C(=O)CN2C(=O)[C@@H]3CCCC[C@H]3C2=O)c2cc(C(c3ccccc3)(c3ccccc3)c3ccccc3)ccc21. The third-order valence-electron chi connectivity index (χ3n) is 10.3. The molecule has 0 unspecified atom stereocenters. The average molecular weight is 609 g/mol. The molecule has 7 rings (SSSR count). The quantitative estimate of drug-likeness (QED) is 0.166. The maximum absolute atomic E-state index is 14.5. The summed E-state index contributed by atoms with van der Waals surface area (Å²) in [5.41, 5.74) is 5.85. The smallest absolute Gasteiger partial charge is 0.247 e. The van der Waals surface area contributed by atoms with Gasteiger partial charge < -0.3 is 4.90 Å². The summed E-state index contributed by atoms with van der Waals surface area (Å²) >= 11 is 0. The molecule has 2 atom stereocenters. The Morgan fingerprint density at radius 3 is 1.67 bits per heavy atom. The summed E-state index contributed by atoms with van der Waals surface area (Å²) in [6, 6.07) is 38.0. The highest BCUT2D eigenvalue weighted by atomic mass is 16.2. The maximum atomic E-state index is 14.5. The minimum atomic E-state index is -0.680. The number of hydrogen-bond donors (Lipinski definition) is 0. The van der Waals surface area contributed by atoms with Crippen LogP contribution in [-0.4, -0.2) is 34.7 Å². The molecule has 1 aliphatic carbocycles. The number of amides is 3. The Balaban J connectivity index is 1.40. The first-order valence-corrected chi connectivity index (χ1v) is 16.4. The van der Waals surface area contributed by atoms with Crippen LogP contribution in [0, 0.1) is 11.8 Å². The van der Waals surface area contributed by atoms with E-state index in [2.05, 4.69) is 104 Å². The molecule has 4 aromatic rings. The van der Waals surface area contributed by atoms with Crippen LogP contribution < -0.4 is 4.90 Å². The van der Waals surface area contributed by atoms with Crippen LogP contribution in [0.1, 0.15) is 74.3 Å². The molecule has 3 aliphatic rings. The van der Waals surface area contributed by atoms with Gasteiger partial charge in [0.1, 0.15) is 6.54 Å². The Bertz CT molecular complexity index is 1710. The van der Waals surface area contributed by atoms with E-state index in [4.69, 9.17) is 0 Å². The highest BCUT2D eigenvalue weighted by molar-refractivity contribution is 6.10. The van der Waals surface area contributed by atoms with E-state index in [0.717, 1.165) is 64.8 Å². The van der Waals surface area contributed by atoms with E-state index >= 15 is 0 Å². The van der Waals surface area contributed by atoms with Gasteiger partial charge in [0.25, 0.3) is 0 Å². The molecular weight excluding hydrogens is 568 g/mol. The van der Waals surface area contributed by atoms with Crippen LogP contribution >= 0.6 is 0 Å². The number of benzene rings is 4. The van der Waals surface area contributed by atoms with Crippen molar-refractivity contribution in [1.29, 1.82) is 0 Å². The third kappa shape index (κ3) is 4.72. The summed E-state index contributed by atoms with van der Waals surface area (Å²) in [5, 5.41) is 0. The number of hydrogen-bond acceptors (Lipinski definition) is 3. The molecule has 46 heavy (non-hydrogen) atoms. The molecule has 0 spiro atoms. The van der Waals surface area contributed by atoms with Gasteiger partial charge in [-0.2, -0.15) is 0 Å². The molecule has 232 valence electrons. The Morgan fingerprint density at radius 1 is 0.717 bits per heavy atom. The Morgan fingerprint density at radius 2 is 1.20 bits per heavy atom. The minimum Gasteiger partial charge on any atom is -0.301 e. The topological polar surface area (TPSA) is 57.7 Å². The van der Waals surface area contributed by atoms with Crippen molar-refractivity contribution < 1.29 is 14.4 Å². The second-order valence-corrected chi connectivity index (χ2v) is 13.6. The highest BCUT2D eigenvalue weighted by Gasteiger charge is 2.50. The van der Waals surface area contributed by atoms with Crippen LogP contribution in [0.3, 0.4) is 0 Å². The van der Waals surface area contributed by atoms with E-state index in [9.17, 15) is 14.4 Å². The predicted octanol–water partition coefficient (Wildman–Crippen LogP) is 7.77. The van der Waals surface area contributed by atoms with Crippen molar-refractivity contribution in [2.45, 2.75) is 57.4 Å². The lowest BCUT2D eigenvalue weighted by Gasteiger charge is -2.43. The summed E-state index contributed by atoms with van der Waals surface area (Å²) in [4.78, 5) is 44.3. The number of likely N-dealkylation sites (tertiary alicyclic amines) is 1. The fourth-order valence-corrected chi connectivity index (χ4v) is 8.38. The first-order valence-electron chi connectivity index (χ1n) is 16.4. The zero-order valence-electron chi connectivity index (χ0n) is 26.8. The second kappa shape index (κ2) is 11.5. The van der Waals surface area contributed by atoms with Gasteiger partial charge in [-0.1, -0.05) is 122 Å². The molecule has 1 saturated heterocycles. The Labute approximate surface area is 271 Å². The van der Waals surface area contributed by atoms with Gasteiger partial charge >= 0.3 is 0 Å². The lowest BCUT2D eigenvalue weighted by molar-refractivity contribution is -0.143. The standard InChI is InChI=1S/C41H40N2O3/c1-28-26-40(2,3)43(37(44)27-42-38(45)34-21-13-14-22-35(34)39(42)46)36-25-32(23-24-33(28)36)41(29-15-7-4-8-16-29,30-17-9-5-10-18-30)31-19-11-6-12-20-31/h4-12,15-20,23-26,34-35H,13-14,21-22,27H2,1-3H3/t34-,35-/m1/s1. The zero-order valence-corrected chi connectivity index (χ0v) is 26.8. The van der Waals surface area contributed by atoms with Crippen molar-refractivity contribution in [2.75, 3.05) is 11.4 Å². The van der Waals surface area contributed by atoms with Crippen molar-refractivity contribution in [3.05, 3.63) is 143 Å². The zero-order chi connectivity index (χ0) is 32.1. The Kier molecular flexibility index (Phi) is 7.51. The highest BCUT2D eigenvalue weighted by Crippen LogP contribution is 2.48. The van der Waals surface area contributed by atoms with Crippen LogP contribution in [0.4, 0.5) is 5.69 Å². The van der Waals surface area contributed by atoms with Gasteiger partial charge in [0, 0.05) is 5.56 Å². The van der Waals surface area contributed by atoms with E-state index in [1.54, 1.807) is 0 Å². The van der Waals surface area contributed by atoms with Gasteiger partial charge in [-0.05, 0) is 67.5 Å². The molecule has 5 nitrogen and oxygen atoms in total. The van der Waals surface area contributed by atoms with Crippen LogP contribution in [0.2, 0.25) is 0 Å². The van der Waals surface area contributed by atoms with E-state index in [1.165, 1.54) is 4.90 Å². The number of rotatable bonds is 6. The number of nitrogens with zero attached hydrogens (tertiary/aromatic N) is 2. The van der Waals surface area contributed by atoms with Crippen molar-refractivity contribution in [2.24, 2.45) is 11.8 Å². The van der Waals surface area contributed by atoms with E-state index in [0.29, 0.717) is 0 Å². The van der Waals surface area contributed by atoms with Gasteiger partial charge in [0.2, 0.25) is 17.7 Å². The molecule has 0 aromatic heterocycles. The molecular formula is C41H40N2O3. The van der Waals surface area contributed by atoms with E-state index in [-0.39, 0.29) is 36.1 Å². The number of anilines is 1. The van der Waals surface area contributed by atoms with Gasteiger partial charge in [-0.15, -0.1) is 0 Å². The van der Waals surface area contributed by atoms with E-state index in [1.807, 2.05) is 36.9 Å². The summed E-state index contributed by atoms with van der Waals surface area (Å²) in [6.45, 7) is 5.89. The fraction of sp³-hybridized carbons (Fsp3) is 0.293. The monoisotopic (exact) mass is 608 g/mol. The van der Waals surface area contributed by atoms with Crippen molar-refractivity contribution in [3.8, 4) is 0 Å². The first-order chi connectivity index (χ1) is 22.2. The van der Waals surface area contributed by atoms with Crippen molar-refractivity contribution >= 4 is 29.0 Å². The second-order valence-electron chi connectivity index (χ2n) is 13.6. The average Bonchev–Trinajstić information content (AvgIpc) is 3.31. The van der Waals surface area contributed by atoms with Crippen LogP contribution in [0.25, 0.3) is 5.57 Å². The van der Waals surface area contributed by atoms with Gasteiger partial charge in [-0.3, -0.25) is 19.3 Å². The molecule has 0 radical (unpaired) electrons. The largest absolute Gasteiger partial charge is 0.301 e. The van der Waals surface area contributed by atoms with Crippen LogP contribution in [-0.2, 0) is 19.8 Å². The van der Waals surface area contributed by atoms with Gasteiger partial charge in [-0.25, -0.2) is 0 Å². The van der Waals surface area contributed by atoms with Gasteiger partial charge in [0.05, 0.1) is 28.5 Å². The number of carbonyl (C=O) groups excluding carboxylic acids is 3. The number of carbonyl (C=O) groups is 3. The molecule has 1 saturated carbocycles. The summed E-state index contributed by atoms with van der Waals surface area (Å²) < 4.78 is 0. The molecule has 0 bridgehead atoms. The van der Waals surface area contributed by atoms with Crippen LogP contribution in [0.15, 0.2) is 115 Å². The third-order valence-corrected chi connectivity index (χ3v) is 10.3. The number of imide groups is 1.